The minimum absolute atomic E-state index is 0.101. The van der Waals surface area contributed by atoms with Crippen molar-refractivity contribution in [3.8, 4) is 0 Å². The average Bonchev–Trinajstić information content (AvgIpc) is 3.53. The molecule has 0 radical (unpaired) electrons. The van der Waals surface area contributed by atoms with Crippen LogP contribution in [-0.4, -0.2) is 64.5 Å². The van der Waals surface area contributed by atoms with Crippen LogP contribution in [0, 0.1) is 5.41 Å². The zero-order chi connectivity index (χ0) is 25.6. The molecule has 1 aromatic carbocycles. The number of pyridine rings is 1. The lowest BCUT2D eigenvalue weighted by Crippen LogP contribution is -2.42. The SMILES string of the molecule is CC1=C(C(=O)O)C=CCN1[C@@H]1CCc2ccc(C(=O)N3CCC4(CCN(c5ccncc5)CC4)C3)cc21. The van der Waals surface area contributed by atoms with Crippen LogP contribution in [0.25, 0.3) is 0 Å². The summed E-state index contributed by atoms with van der Waals surface area (Å²) in [5.74, 6) is -0.769. The number of aryl methyl sites for hydroxylation is 1. The number of aliphatic carboxylic acids is 1. The Kier molecular flexibility index (Phi) is 6.01. The quantitative estimate of drug-likeness (QED) is 0.672. The van der Waals surface area contributed by atoms with E-state index in [0.717, 1.165) is 69.5 Å². The third kappa shape index (κ3) is 4.30. The lowest BCUT2D eigenvalue weighted by molar-refractivity contribution is -0.132. The van der Waals surface area contributed by atoms with Gasteiger partial charge in [-0.05, 0) is 85.9 Å². The second kappa shape index (κ2) is 9.36. The number of carboxylic acids is 1. The van der Waals surface area contributed by atoms with Gasteiger partial charge in [-0.25, -0.2) is 4.79 Å². The molecule has 1 aliphatic carbocycles. The van der Waals surface area contributed by atoms with Gasteiger partial charge in [0, 0.05) is 62.1 Å². The number of aromatic nitrogens is 1. The van der Waals surface area contributed by atoms with E-state index in [9.17, 15) is 14.7 Å². The molecule has 2 aromatic rings. The number of hydrogen-bond donors (Lipinski definition) is 1. The van der Waals surface area contributed by atoms with E-state index in [4.69, 9.17) is 0 Å². The largest absolute Gasteiger partial charge is 0.478 e. The van der Waals surface area contributed by atoms with Crippen molar-refractivity contribution in [3.63, 3.8) is 0 Å². The molecule has 0 bridgehead atoms. The minimum Gasteiger partial charge on any atom is -0.478 e. The number of carboxylic acid groups (broad SMARTS) is 1. The number of rotatable bonds is 4. The van der Waals surface area contributed by atoms with Crippen LogP contribution in [0.2, 0.25) is 0 Å². The third-order valence-corrected chi connectivity index (χ3v) is 9.03. The van der Waals surface area contributed by atoms with Crippen LogP contribution in [0.3, 0.4) is 0 Å². The smallest absolute Gasteiger partial charge is 0.337 e. The Morgan fingerprint density at radius 3 is 2.57 bits per heavy atom. The van der Waals surface area contributed by atoms with Crippen LogP contribution in [0.1, 0.15) is 60.1 Å². The van der Waals surface area contributed by atoms with E-state index in [1.165, 1.54) is 16.8 Å². The highest BCUT2D eigenvalue weighted by Gasteiger charge is 2.42. The second-order valence-corrected chi connectivity index (χ2v) is 11.0. The molecular formula is C30H34N4O3. The maximum Gasteiger partial charge on any atom is 0.337 e. The van der Waals surface area contributed by atoms with E-state index in [1.54, 1.807) is 6.08 Å². The van der Waals surface area contributed by atoms with Crippen molar-refractivity contribution in [2.45, 2.75) is 45.1 Å². The number of nitrogens with zero attached hydrogens (tertiary/aromatic N) is 4. The standard InChI is InChI=1S/C30H34N4O3/c1-21-25(29(36)37)3-2-15-34(21)27-7-6-22-4-5-23(19-26(22)27)28(35)33-18-12-30(20-33)10-16-32(17-11-30)24-8-13-31-14-9-24/h2-5,8-9,13-14,19,27H,6-7,10-12,15-18,20H2,1H3,(H,36,37)/t27-/m1/s1. The van der Waals surface area contributed by atoms with Gasteiger partial charge >= 0.3 is 5.97 Å². The van der Waals surface area contributed by atoms with Gasteiger partial charge < -0.3 is 19.8 Å². The van der Waals surface area contributed by atoms with Crippen LogP contribution >= 0.6 is 0 Å². The van der Waals surface area contributed by atoms with Crippen molar-refractivity contribution < 1.29 is 14.7 Å². The average molecular weight is 499 g/mol. The van der Waals surface area contributed by atoms with Crippen LogP contribution in [0.15, 0.2) is 66.1 Å². The summed E-state index contributed by atoms with van der Waals surface area (Å²) in [5, 5.41) is 9.59. The number of fused-ring (bicyclic) bond motifs is 1. The van der Waals surface area contributed by atoms with E-state index < -0.39 is 5.97 Å². The molecule has 6 rings (SSSR count). The molecular weight excluding hydrogens is 464 g/mol. The van der Waals surface area contributed by atoms with Crippen molar-refractivity contribution >= 4 is 17.6 Å². The highest BCUT2D eigenvalue weighted by atomic mass is 16.4. The number of likely N-dealkylation sites (tertiary alicyclic amines) is 1. The van der Waals surface area contributed by atoms with Gasteiger partial charge in [-0.2, -0.15) is 0 Å². The maximum atomic E-state index is 13.6. The molecule has 1 atom stereocenters. The first-order valence-electron chi connectivity index (χ1n) is 13.4. The van der Waals surface area contributed by atoms with E-state index in [0.29, 0.717) is 12.1 Å². The summed E-state index contributed by atoms with van der Waals surface area (Å²) in [4.78, 5) is 36.1. The lowest BCUT2D eigenvalue weighted by atomic mass is 9.77. The Morgan fingerprint density at radius 1 is 1.05 bits per heavy atom. The van der Waals surface area contributed by atoms with E-state index >= 15 is 0 Å². The fourth-order valence-corrected chi connectivity index (χ4v) is 6.81. The van der Waals surface area contributed by atoms with Crippen LogP contribution in [-0.2, 0) is 11.2 Å². The fourth-order valence-electron chi connectivity index (χ4n) is 6.81. The molecule has 7 nitrogen and oxygen atoms in total. The van der Waals surface area contributed by atoms with E-state index in [1.807, 2.05) is 31.5 Å². The zero-order valence-corrected chi connectivity index (χ0v) is 21.4. The summed E-state index contributed by atoms with van der Waals surface area (Å²) < 4.78 is 0. The summed E-state index contributed by atoms with van der Waals surface area (Å²) in [6.07, 6.45) is 12.5. The second-order valence-electron chi connectivity index (χ2n) is 11.0. The molecule has 3 aliphatic heterocycles. The number of hydrogen-bond acceptors (Lipinski definition) is 5. The first-order chi connectivity index (χ1) is 17.9. The Bertz CT molecular complexity index is 1280. The van der Waals surface area contributed by atoms with Gasteiger partial charge in [-0.3, -0.25) is 9.78 Å². The third-order valence-electron chi connectivity index (χ3n) is 9.03. The molecule has 7 heteroatoms. The molecule has 4 heterocycles. The first kappa shape index (κ1) is 23.8. The van der Waals surface area contributed by atoms with Crippen molar-refractivity contribution in [2.24, 2.45) is 5.41 Å². The number of piperidine rings is 1. The number of carbonyl (C=O) groups is 2. The van der Waals surface area contributed by atoms with E-state index in [-0.39, 0.29) is 17.4 Å². The normalized spacial score (nSPS) is 22.6. The summed E-state index contributed by atoms with van der Waals surface area (Å²) in [7, 11) is 0. The number of carbonyl (C=O) groups excluding carboxylic acids is 1. The number of amides is 1. The highest BCUT2D eigenvalue weighted by Crippen LogP contribution is 2.43. The summed E-state index contributed by atoms with van der Waals surface area (Å²) in [6.45, 7) is 6.26. The lowest BCUT2D eigenvalue weighted by Gasteiger charge is -2.40. The predicted molar refractivity (Wildman–Crippen MR) is 142 cm³/mol. The number of anilines is 1. The Hall–Kier alpha value is -3.61. The molecule has 0 unspecified atom stereocenters. The molecule has 2 fully saturated rings. The van der Waals surface area contributed by atoms with Gasteiger partial charge in [-0.15, -0.1) is 0 Å². The van der Waals surface area contributed by atoms with Crippen molar-refractivity contribution in [3.05, 3.63) is 82.8 Å². The van der Waals surface area contributed by atoms with E-state index in [2.05, 4.69) is 43.9 Å². The highest BCUT2D eigenvalue weighted by molar-refractivity contribution is 5.95. The zero-order valence-electron chi connectivity index (χ0n) is 21.4. The van der Waals surface area contributed by atoms with Gasteiger partial charge in [0.1, 0.15) is 0 Å². The Balaban J connectivity index is 1.16. The van der Waals surface area contributed by atoms with Crippen LogP contribution in [0.4, 0.5) is 5.69 Å². The summed E-state index contributed by atoms with van der Waals surface area (Å²) in [5.41, 5.74) is 5.78. The van der Waals surface area contributed by atoms with Crippen molar-refractivity contribution in [1.29, 1.82) is 0 Å². The molecule has 37 heavy (non-hydrogen) atoms. The molecule has 2 saturated heterocycles. The molecule has 0 saturated carbocycles. The molecule has 1 spiro atoms. The van der Waals surface area contributed by atoms with Crippen LogP contribution in [0.5, 0.6) is 0 Å². The maximum absolute atomic E-state index is 13.6. The summed E-state index contributed by atoms with van der Waals surface area (Å²) in [6, 6.07) is 10.4. The molecule has 1 amide bonds. The molecule has 4 aliphatic rings. The van der Waals surface area contributed by atoms with Crippen LogP contribution < -0.4 is 4.90 Å². The summed E-state index contributed by atoms with van der Waals surface area (Å²) >= 11 is 0. The minimum atomic E-state index is -0.893. The number of benzene rings is 1. The molecule has 1 aromatic heterocycles. The fraction of sp³-hybridized carbons (Fsp3) is 0.433. The predicted octanol–water partition coefficient (Wildman–Crippen LogP) is 4.43. The molecule has 1 N–H and O–H groups in total. The van der Waals surface area contributed by atoms with Gasteiger partial charge in [-0.1, -0.05) is 12.1 Å². The van der Waals surface area contributed by atoms with Crippen molar-refractivity contribution in [1.82, 2.24) is 14.8 Å². The molecule has 192 valence electrons. The van der Waals surface area contributed by atoms with Gasteiger partial charge in [0.2, 0.25) is 0 Å². The topological polar surface area (TPSA) is 77.0 Å². The van der Waals surface area contributed by atoms with Gasteiger partial charge in [0.25, 0.3) is 5.91 Å². The first-order valence-corrected chi connectivity index (χ1v) is 13.4. The van der Waals surface area contributed by atoms with Gasteiger partial charge in [0.15, 0.2) is 0 Å². The Morgan fingerprint density at radius 2 is 1.81 bits per heavy atom. The number of allylic oxidation sites excluding steroid dienone is 1. The Labute approximate surface area is 218 Å². The van der Waals surface area contributed by atoms with Gasteiger partial charge in [0.05, 0.1) is 11.6 Å². The van der Waals surface area contributed by atoms with Crippen molar-refractivity contribution in [2.75, 3.05) is 37.6 Å². The monoisotopic (exact) mass is 498 g/mol.